The number of nitrogens with zero attached hydrogens (tertiary/aromatic N) is 1. The maximum absolute atomic E-state index is 3.72. The maximum atomic E-state index is 3.72. The van der Waals surface area contributed by atoms with Crippen LogP contribution in [-0.2, 0) is 0 Å². The lowest BCUT2D eigenvalue weighted by Crippen LogP contribution is -2.56. The lowest BCUT2D eigenvalue weighted by molar-refractivity contribution is 0.105. The summed E-state index contributed by atoms with van der Waals surface area (Å²) in [5.74, 6) is 3.25. The topological polar surface area (TPSA) is 15.3 Å². The molecular weight excluding hydrogens is 220 g/mol. The maximum Gasteiger partial charge on any atom is 0.0195 e. The van der Waals surface area contributed by atoms with Crippen LogP contribution in [0.15, 0.2) is 0 Å². The smallest absolute Gasteiger partial charge is 0.0195 e. The van der Waals surface area contributed by atoms with E-state index in [2.05, 4.69) is 24.1 Å². The normalized spacial score (nSPS) is 34.2. The molecule has 0 aromatic carbocycles. The van der Waals surface area contributed by atoms with Gasteiger partial charge in [-0.15, -0.1) is 0 Å². The second kappa shape index (κ2) is 5.50. The predicted molar refractivity (Wildman–Crippen MR) is 76.7 cm³/mol. The van der Waals surface area contributed by atoms with E-state index in [0.29, 0.717) is 0 Å². The quantitative estimate of drug-likeness (QED) is 0.780. The van der Waals surface area contributed by atoms with Gasteiger partial charge in [0.1, 0.15) is 0 Å². The van der Waals surface area contributed by atoms with Gasteiger partial charge in [-0.2, -0.15) is 0 Å². The first-order valence-electron chi connectivity index (χ1n) is 8.25. The summed E-state index contributed by atoms with van der Waals surface area (Å²) in [5.41, 5.74) is 0. The van der Waals surface area contributed by atoms with E-state index in [1.165, 1.54) is 58.2 Å². The van der Waals surface area contributed by atoms with Gasteiger partial charge < -0.3 is 5.32 Å². The molecule has 104 valence electrons. The third kappa shape index (κ3) is 3.08. The molecule has 1 aliphatic heterocycles. The van der Waals surface area contributed by atoms with Gasteiger partial charge in [0.2, 0.25) is 0 Å². The van der Waals surface area contributed by atoms with Crippen LogP contribution in [-0.4, -0.2) is 36.6 Å². The van der Waals surface area contributed by atoms with Crippen LogP contribution in [0.5, 0.6) is 0 Å². The number of hydrogen-bond donors (Lipinski definition) is 1. The summed E-state index contributed by atoms with van der Waals surface area (Å²) >= 11 is 0. The Labute approximate surface area is 113 Å². The first-order chi connectivity index (χ1) is 8.78. The average Bonchev–Trinajstić information content (AvgIpc) is 3.23. The monoisotopic (exact) mass is 250 g/mol. The lowest BCUT2D eigenvalue weighted by atomic mass is 9.95. The molecule has 0 aromatic heterocycles. The molecule has 18 heavy (non-hydrogen) atoms. The Morgan fingerprint density at radius 1 is 1.17 bits per heavy atom. The van der Waals surface area contributed by atoms with Crippen molar-refractivity contribution in [2.75, 3.05) is 19.6 Å². The Morgan fingerprint density at radius 2 is 1.83 bits per heavy atom. The summed E-state index contributed by atoms with van der Waals surface area (Å²) in [6, 6.07) is 1.50. The van der Waals surface area contributed by atoms with Crippen molar-refractivity contribution in [2.45, 2.75) is 64.5 Å². The first-order valence-corrected chi connectivity index (χ1v) is 8.25. The molecule has 0 spiro atoms. The molecule has 2 nitrogen and oxygen atoms in total. The van der Waals surface area contributed by atoms with E-state index >= 15 is 0 Å². The summed E-state index contributed by atoms with van der Waals surface area (Å²) in [6.45, 7) is 8.61. The third-order valence-corrected chi connectivity index (χ3v) is 5.32. The van der Waals surface area contributed by atoms with Crippen molar-refractivity contribution in [3.63, 3.8) is 0 Å². The van der Waals surface area contributed by atoms with Crippen molar-refractivity contribution >= 4 is 0 Å². The van der Waals surface area contributed by atoms with Crippen LogP contribution in [0.1, 0.15) is 52.4 Å². The Bertz CT molecular complexity index is 258. The Kier molecular flexibility index (Phi) is 3.95. The highest BCUT2D eigenvalue weighted by Gasteiger charge is 2.42. The fraction of sp³-hybridized carbons (Fsp3) is 1.00. The van der Waals surface area contributed by atoms with Crippen molar-refractivity contribution in [2.24, 2.45) is 17.8 Å². The SMILES string of the molecule is CCCC1CN(CC(C2CC2)C2CC2)C(C)CN1. The second-order valence-corrected chi connectivity index (χ2v) is 7.04. The van der Waals surface area contributed by atoms with Crippen LogP contribution < -0.4 is 5.32 Å². The van der Waals surface area contributed by atoms with Crippen LogP contribution in [0.4, 0.5) is 0 Å². The van der Waals surface area contributed by atoms with Gasteiger partial charge in [0, 0.05) is 31.7 Å². The predicted octanol–water partition coefficient (Wildman–Crippen LogP) is 2.89. The van der Waals surface area contributed by atoms with Crippen LogP contribution in [0.3, 0.4) is 0 Å². The number of hydrogen-bond acceptors (Lipinski definition) is 2. The van der Waals surface area contributed by atoms with Crippen molar-refractivity contribution in [3.8, 4) is 0 Å². The van der Waals surface area contributed by atoms with Gasteiger partial charge in [-0.1, -0.05) is 13.3 Å². The molecule has 2 unspecified atom stereocenters. The Hall–Kier alpha value is -0.0800. The molecule has 2 aliphatic carbocycles. The van der Waals surface area contributed by atoms with E-state index in [1.807, 2.05) is 0 Å². The minimum absolute atomic E-state index is 0.748. The van der Waals surface area contributed by atoms with Crippen molar-refractivity contribution < 1.29 is 0 Å². The van der Waals surface area contributed by atoms with Gasteiger partial charge in [0.25, 0.3) is 0 Å². The fourth-order valence-electron chi connectivity index (χ4n) is 3.79. The standard InChI is InChI=1S/C16H30N2/c1-3-4-15-10-18(12(2)9-17-15)11-16(13-5-6-13)14-7-8-14/h12-17H,3-11H2,1-2H3. The van der Waals surface area contributed by atoms with Crippen LogP contribution in [0, 0.1) is 17.8 Å². The molecule has 1 saturated heterocycles. The molecule has 0 bridgehead atoms. The molecule has 2 saturated carbocycles. The number of piperazine rings is 1. The van der Waals surface area contributed by atoms with E-state index in [4.69, 9.17) is 0 Å². The molecule has 2 atom stereocenters. The minimum Gasteiger partial charge on any atom is -0.311 e. The summed E-state index contributed by atoms with van der Waals surface area (Å²) in [7, 11) is 0. The summed E-state index contributed by atoms with van der Waals surface area (Å²) in [6.07, 6.45) is 8.77. The van der Waals surface area contributed by atoms with Crippen molar-refractivity contribution in [1.29, 1.82) is 0 Å². The molecule has 0 amide bonds. The molecule has 3 rings (SSSR count). The largest absolute Gasteiger partial charge is 0.311 e. The van der Waals surface area contributed by atoms with Gasteiger partial charge in [0.05, 0.1) is 0 Å². The highest BCUT2D eigenvalue weighted by molar-refractivity contribution is 4.95. The zero-order valence-electron chi connectivity index (χ0n) is 12.2. The average molecular weight is 250 g/mol. The minimum atomic E-state index is 0.748. The van der Waals surface area contributed by atoms with Crippen LogP contribution in [0.2, 0.25) is 0 Å². The molecule has 3 aliphatic rings. The van der Waals surface area contributed by atoms with Gasteiger partial charge >= 0.3 is 0 Å². The number of nitrogens with one attached hydrogen (secondary N) is 1. The van der Waals surface area contributed by atoms with Gasteiger partial charge in [-0.05, 0) is 56.8 Å². The van der Waals surface area contributed by atoms with Crippen LogP contribution >= 0.6 is 0 Å². The van der Waals surface area contributed by atoms with Gasteiger partial charge in [0.15, 0.2) is 0 Å². The fourth-order valence-corrected chi connectivity index (χ4v) is 3.79. The number of rotatable bonds is 6. The van der Waals surface area contributed by atoms with Crippen molar-refractivity contribution in [1.82, 2.24) is 10.2 Å². The molecule has 2 heteroatoms. The van der Waals surface area contributed by atoms with Gasteiger partial charge in [-0.3, -0.25) is 4.90 Å². The van der Waals surface area contributed by atoms with E-state index in [-0.39, 0.29) is 0 Å². The molecule has 0 radical (unpaired) electrons. The van der Waals surface area contributed by atoms with E-state index in [9.17, 15) is 0 Å². The summed E-state index contributed by atoms with van der Waals surface area (Å²) in [4.78, 5) is 2.80. The van der Waals surface area contributed by atoms with Crippen molar-refractivity contribution in [3.05, 3.63) is 0 Å². The summed E-state index contributed by atoms with van der Waals surface area (Å²) < 4.78 is 0. The molecule has 1 heterocycles. The highest BCUT2D eigenvalue weighted by Crippen LogP contribution is 2.49. The second-order valence-electron chi connectivity index (χ2n) is 7.04. The van der Waals surface area contributed by atoms with E-state index in [0.717, 1.165) is 29.8 Å². The van der Waals surface area contributed by atoms with E-state index in [1.54, 1.807) is 0 Å². The van der Waals surface area contributed by atoms with Crippen LogP contribution in [0.25, 0.3) is 0 Å². The molecular formula is C16H30N2. The third-order valence-electron chi connectivity index (χ3n) is 5.32. The highest BCUT2D eigenvalue weighted by atomic mass is 15.2. The summed E-state index contributed by atoms with van der Waals surface area (Å²) in [5, 5.41) is 3.72. The zero-order valence-corrected chi connectivity index (χ0v) is 12.2. The van der Waals surface area contributed by atoms with E-state index < -0.39 is 0 Å². The van der Waals surface area contributed by atoms with Gasteiger partial charge in [-0.25, -0.2) is 0 Å². The molecule has 0 aromatic rings. The Morgan fingerprint density at radius 3 is 2.39 bits per heavy atom. The molecule has 3 fully saturated rings. The zero-order chi connectivity index (χ0) is 12.5. The first kappa shape index (κ1) is 12.9. The lowest BCUT2D eigenvalue weighted by Gasteiger charge is -2.40. The Balaban J connectivity index is 1.55. The molecule has 1 N–H and O–H groups in total.